The fourth-order valence-electron chi connectivity index (χ4n) is 1.24. The van der Waals surface area contributed by atoms with Crippen molar-refractivity contribution >= 4 is 0 Å². The molecule has 0 saturated carbocycles. The zero-order chi connectivity index (χ0) is 12.8. The Balaban J connectivity index is 3.60. The van der Waals surface area contributed by atoms with Gasteiger partial charge in [-0.3, -0.25) is 0 Å². The Morgan fingerprint density at radius 1 is 0.882 bits per heavy atom. The summed E-state index contributed by atoms with van der Waals surface area (Å²) in [7, 11) is 1.90. The number of nitrogens with one attached hydrogen (secondary N) is 1. The Labute approximate surface area is 104 Å². The van der Waals surface area contributed by atoms with E-state index in [0.717, 1.165) is 6.54 Å². The summed E-state index contributed by atoms with van der Waals surface area (Å²) in [6, 6.07) is 0. The van der Waals surface area contributed by atoms with Gasteiger partial charge in [-0.1, -0.05) is 0 Å². The lowest BCUT2D eigenvalue weighted by Crippen LogP contribution is -2.26. The smallest absolute Gasteiger partial charge is 0.0590 e. The summed E-state index contributed by atoms with van der Waals surface area (Å²) >= 11 is 0. The van der Waals surface area contributed by atoms with E-state index in [1.165, 1.54) is 0 Å². The van der Waals surface area contributed by atoms with Crippen LogP contribution < -0.4 is 16.8 Å². The van der Waals surface area contributed by atoms with Crippen molar-refractivity contribution in [2.75, 3.05) is 66.3 Å². The lowest BCUT2D eigenvalue weighted by Gasteiger charge is -2.17. The first-order valence-corrected chi connectivity index (χ1v) is 6.13. The van der Waals surface area contributed by atoms with E-state index in [0.29, 0.717) is 52.7 Å². The van der Waals surface area contributed by atoms with Gasteiger partial charge in [0, 0.05) is 25.6 Å². The average molecular weight is 249 g/mol. The molecule has 6 heteroatoms. The molecule has 0 aromatic heterocycles. The maximum atomic E-state index is 5.51. The van der Waals surface area contributed by atoms with Gasteiger partial charge in [0.25, 0.3) is 0 Å². The fraction of sp³-hybridized carbons (Fsp3) is 1.00. The summed E-state index contributed by atoms with van der Waals surface area (Å²) in [4.78, 5) is 0. The summed E-state index contributed by atoms with van der Waals surface area (Å²) in [6.45, 7) is 5.63. The minimum Gasteiger partial charge on any atom is -0.380 e. The lowest BCUT2D eigenvalue weighted by atomic mass is 10.2. The van der Waals surface area contributed by atoms with Gasteiger partial charge in [0.05, 0.1) is 39.6 Å². The zero-order valence-corrected chi connectivity index (χ0v) is 10.8. The second kappa shape index (κ2) is 13.8. The highest BCUT2D eigenvalue weighted by Gasteiger charge is 2.09. The number of rotatable bonds is 13. The van der Waals surface area contributed by atoms with Gasteiger partial charge >= 0.3 is 0 Å². The molecule has 6 nitrogen and oxygen atoms in total. The average Bonchev–Trinajstić information content (AvgIpc) is 2.34. The van der Waals surface area contributed by atoms with Gasteiger partial charge in [-0.05, 0) is 7.05 Å². The van der Waals surface area contributed by atoms with Crippen molar-refractivity contribution in [1.29, 1.82) is 0 Å². The molecule has 5 N–H and O–H groups in total. The van der Waals surface area contributed by atoms with Crippen LogP contribution in [-0.2, 0) is 14.2 Å². The van der Waals surface area contributed by atoms with Crippen molar-refractivity contribution < 1.29 is 14.2 Å². The highest BCUT2D eigenvalue weighted by molar-refractivity contribution is 4.57. The molecule has 0 unspecified atom stereocenters. The van der Waals surface area contributed by atoms with Crippen molar-refractivity contribution in [3.63, 3.8) is 0 Å². The third-order valence-electron chi connectivity index (χ3n) is 2.08. The minimum atomic E-state index is 0.241. The quantitative estimate of drug-likeness (QED) is 0.355. The number of hydrogen-bond donors (Lipinski definition) is 3. The van der Waals surface area contributed by atoms with Gasteiger partial charge in [0.15, 0.2) is 0 Å². The van der Waals surface area contributed by atoms with Crippen LogP contribution in [0.2, 0.25) is 0 Å². The predicted octanol–water partition coefficient (Wildman–Crippen LogP) is -1.21. The lowest BCUT2D eigenvalue weighted by molar-refractivity contribution is -0.00183. The maximum Gasteiger partial charge on any atom is 0.0590 e. The highest BCUT2D eigenvalue weighted by Crippen LogP contribution is 2.00. The Bertz CT molecular complexity index is 140. The molecule has 104 valence electrons. The molecule has 0 aromatic carbocycles. The van der Waals surface area contributed by atoms with Crippen LogP contribution in [0, 0.1) is 5.92 Å². The van der Waals surface area contributed by atoms with Gasteiger partial charge < -0.3 is 31.0 Å². The third kappa shape index (κ3) is 12.0. The Kier molecular flexibility index (Phi) is 13.6. The molecule has 0 spiro atoms. The summed E-state index contributed by atoms with van der Waals surface area (Å²) in [5.74, 6) is 0.241. The van der Waals surface area contributed by atoms with Gasteiger partial charge in [0.1, 0.15) is 0 Å². The van der Waals surface area contributed by atoms with Crippen LogP contribution in [0.4, 0.5) is 0 Å². The predicted molar refractivity (Wildman–Crippen MR) is 68.0 cm³/mol. The summed E-state index contributed by atoms with van der Waals surface area (Å²) in [5.41, 5.74) is 10.7. The topological polar surface area (TPSA) is 91.8 Å². The molecule has 0 heterocycles. The molecular formula is C11H27N3O3. The molecule has 0 atom stereocenters. The van der Waals surface area contributed by atoms with Crippen molar-refractivity contribution in [3.05, 3.63) is 0 Å². The van der Waals surface area contributed by atoms with Crippen LogP contribution in [0.1, 0.15) is 0 Å². The van der Waals surface area contributed by atoms with Crippen molar-refractivity contribution in [3.8, 4) is 0 Å². The minimum absolute atomic E-state index is 0.241. The van der Waals surface area contributed by atoms with Crippen LogP contribution in [0.15, 0.2) is 0 Å². The van der Waals surface area contributed by atoms with Gasteiger partial charge in [-0.25, -0.2) is 0 Å². The molecule has 0 saturated heterocycles. The van der Waals surface area contributed by atoms with Crippen molar-refractivity contribution in [2.24, 2.45) is 17.4 Å². The fourth-order valence-corrected chi connectivity index (χ4v) is 1.24. The highest BCUT2D eigenvalue weighted by atomic mass is 16.5. The number of hydrogen-bond acceptors (Lipinski definition) is 6. The molecule has 0 bridgehead atoms. The third-order valence-corrected chi connectivity index (χ3v) is 2.08. The van der Waals surface area contributed by atoms with E-state index in [-0.39, 0.29) is 5.92 Å². The number of likely N-dealkylation sites (N-methyl/N-ethyl adjacent to an activating group) is 1. The molecule has 0 amide bonds. The molecule has 17 heavy (non-hydrogen) atoms. The number of nitrogens with two attached hydrogens (primary N) is 2. The molecular weight excluding hydrogens is 222 g/mol. The molecule has 0 aliphatic rings. The van der Waals surface area contributed by atoms with E-state index >= 15 is 0 Å². The molecule has 0 fully saturated rings. The standard InChI is InChI=1S/C11H27N3O3/c1-14-4-7-17-10-11(8-15-5-2-12)9-16-6-3-13/h11,14H,2-10,12-13H2,1H3. The molecule has 0 rings (SSSR count). The first-order valence-electron chi connectivity index (χ1n) is 6.13. The van der Waals surface area contributed by atoms with Crippen LogP contribution in [-0.4, -0.2) is 66.3 Å². The summed E-state index contributed by atoms with van der Waals surface area (Å²) < 4.78 is 16.3. The van der Waals surface area contributed by atoms with E-state index in [2.05, 4.69) is 5.32 Å². The largest absolute Gasteiger partial charge is 0.380 e. The molecule has 0 radical (unpaired) electrons. The van der Waals surface area contributed by atoms with Gasteiger partial charge in [-0.15, -0.1) is 0 Å². The first kappa shape index (κ1) is 16.8. The summed E-state index contributed by atoms with van der Waals surface area (Å²) in [5, 5.41) is 3.03. The van der Waals surface area contributed by atoms with Crippen LogP contribution >= 0.6 is 0 Å². The van der Waals surface area contributed by atoms with E-state index in [9.17, 15) is 0 Å². The Morgan fingerprint density at radius 2 is 1.35 bits per heavy atom. The molecule has 0 aliphatic carbocycles. The SMILES string of the molecule is CNCCOCC(COCCN)COCCN. The van der Waals surface area contributed by atoms with Crippen LogP contribution in [0.5, 0.6) is 0 Å². The Morgan fingerprint density at radius 3 is 1.76 bits per heavy atom. The van der Waals surface area contributed by atoms with E-state index in [4.69, 9.17) is 25.7 Å². The van der Waals surface area contributed by atoms with Gasteiger partial charge in [-0.2, -0.15) is 0 Å². The normalized spacial score (nSPS) is 11.3. The van der Waals surface area contributed by atoms with Crippen LogP contribution in [0.25, 0.3) is 0 Å². The first-order chi connectivity index (χ1) is 8.35. The Hall–Kier alpha value is -0.240. The van der Waals surface area contributed by atoms with E-state index in [1.807, 2.05) is 7.05 Å². The van der Waals surface area contributed by atoms with Crippen LogP contribution in [0.3, 0.4) is 0 Å². The summed E-state index contributed by atoms with van der Waals surface area (Å²) in [6.07, 6.45) is 0. The van der Waals surface area contributed by atoms with Crippen molar-refractivity contribution in [1.82, 2.24) is 5.32 Å². The van der Waals surface area contributed by atoms with E-state index < -0.39 is 0 Å². The second-order valence-corrected chi connectivity index (χ2v) is 3.77. The second-order valence-electron chi connectivity index (χ2n) is 3.77. The van der Waals surface area contributed by atoms with E-state index in [1.54, 1.807) is 0 Å². The number of ether oxygens (including phenoxy) is 3. The van der Waals surface area contributed by atoms with Gasteiger partial charge in [0.2, 0.25) is 0 Å². The monoisotopic (exact) mass is 249 g/mol. The zero-order valence-electron chi connectivity index (χ0n) is 10.8. The van der Waals surface area contributed by atoms with Crippen molar-refractivity contribution in [2.45, 2.75) is 0 Å². The molecule has 0 aromatic rings. The maximum absolute atomic E-state index is 5.51. The molecule has 0 aliphatic heterocycles.